The lowest BCUT2D eigenvalue weighted by Crippen LogP contribution is -2.48. The first-order valence-corrected chi connectivity index (χ1v) is 6.52. The van der Waals surface area contributed by atoms with E-state index in [-0.39, 0.29) is 18.7 Å². The van der Waals surface area contributed by atoms with E-state index in [0.717, 1.165) is 13.0 Å². The van der Waals surface area contributed by atoms with E-state index in [9.17, 15) is 18.0 Å². The van der Waals surface area contributed by atoms with Gasteiger partial charge in [-0.15, -0.1) is 0 Å². The third-order valence-corrected chi connectivity index (χ3v) is 3.31. The fourth-order valence-electron chi connectivity index (χ4n) is 2.35. The van der Waals surface area contributed by atoms with Gasteiger partial charge in [0.2, 0.25) is 5.91 Å². The zero-order valence-corrected chi connectivity index (χ0v) is 10.6. The molecule has 0 bridgehead atoms. The Bertz CT molecular complexity index is 269. The molecule has 3 nitrogen and oxygen atoms in total. The number of hydrogen-bond donors (Lipinski definition) is 2. The van der Waals surface area contributed by atoms with Gasteiger partial charge in [-0.2, -0.15) is 13.2 Å². The van der Waals surface area contributed by atoms with Gasteiger partial charge in [0.25, 0.3) is 0 Å². The molecule has 1 aliphatic carbocycles. The van der Waals surface area contributed by atoms with Crippen LogP contribution in [0.25, 0.3) is 0 Å². The van der Waals surface area contributed by atoms with Crippen molar-refractivity contribution in [3.05, 3.63) is 0 Å². The fraction of sp³-hybridized carbons (Fsp3) is 0.917. The molecule has 6 heteroatoms. The third-order valence-electron chi connectivity index (χ3n) is 3.31. The highest BCUT2D eigenvalue weighted by atomic mass is 19.4. The van der Waals surface area contributed by atoms with Gasteiger partial charge in [0.1, 0.15) is 0 Å². The number of hydrogen-bond acceptors (Lipinski definition) is 2. The summed E-state index contributed by atoms with van der Waals surface area (Å²) in [4.78, 5) is 11.5. The Morgan fingerprint density at radius 3 is 2.56 bits per heavy atom. The van der Waals surface area contributed by atoms with Crippen molar-refractivity contribution < 1.29 is 18.0 Å². The second-order valence-electron chi connectivity index (χ2n) is 4.71. The van der Waals surface area contributed by atoms with E-state index in [1.54, 1.807) is 0 Å². The van der Waals surface area contributed by atoms with Gasteiger partial charge in [0, 0.05) is 19.0 Å². The van der Waals surface area contributed by atoms with Crippen molar-refractivity contribution in [1.29, 1.82) is 0 Å². The van der Waals surface area contributed by atoms with Crippen LogP contribution in [0, 0.1) is 5.92 Å². The highest BCUT2D eigenvalue weighted by Gasteiger charge is 2.45. The zero-order valence-electron chi connectivity index (χ0n) is 10.6. The van der Waals surface area contributed by atoms with Crippen LogP contribution < -0.4 is 10.6 Å². The maximum Gasteiger partial charge on any atom is 0.393 e. The molecule has 0 aliphatic heterocycles. The van der Waals surface area contributed by atoms with Gasteiger partial charge in [0.15, 0.2) is 0 Å². The summed E-state index contributed by atoms with van der Waals surface area (Å²) in [7, 11) is 0. The molecule has 0 aromatic heterocycles. The van der Waals surface area contributed by atoms with Gasteiger partial charge in [0.05, 0.1) is 5.92 Å². The van der Waals surface area contributed by atoms with Crippen LogP contribution in [0.1, 0.15) is 39.0 Å². The summed E-state index contributed by atoms with van der Waals surface area (Å²) in [6, 6.07) is -0.743. The molecular formula is C12H21F3N2O. The Balaban J connectivity index is 2.44. The Morgan fingerprint density at radius 1 is 1.28 bits per heavy atom. The third kappa shape index (κ3) is 4.84. The van der Waals surface area contributed by atoms with Crippen LogP contribution in [0.3, 0.4) is 0 Å². The molecule has 2 N–H and O–H groups in total. The predicted octanol–water partition coefficient (Wildman–Crippen LogP) is 2.22. The highest BCUT2D eigenvalue weighted by molar-refractivity contribution is 5.76. The van der Waals surface area contributed by atoms with Gasteiger partial charge < -0.3 is 10.6 Å². The Hall–Kier alpha value is -0.780. The van der Waals surface area contributed by atoms with Crippen molar-refractivity contribution in [2.75, 3.05) is 13.1 Å². The Morgan fingerprint density at radius 2 is 1.94 bits per heavy atom. The van der Waals surface area contributed by atoms with Gasteiger partial charge >= 0.3 is 6.18 Å². The van der Waals surface area contributed by atoms with Crippen molar-refractivity contribution in [3.63, 3.8) is 0 Å². The number of rotatable bonds is 5. The smallest absolute Gasteiger partial charge is 0.353 e. The number of carbonyl (C=O) groups excluding carboxylic acids is 1. The summed E-state index contributed by atoms with van der Waals surface area (Å²) < 4.78 is 38.4. The van der Waals surface area contributed by atoms with Gasteiger partial charge in [-0.25, -0.2) is 0 Å². The molecule has 0 saturated heterocycles. The summed E-state index contributed by atoms with van der Waals surface area (Å²) in [6.45, 7) is 3.17. The molecule has 1 aliphatic rings. The summed E-state index contributed by atoms with van der Waals surface area (Å²) >= 11 is 0. The summed E-state index contributed by atoms with van der Waals surface area (Å²) in [5.74, 6) is -1.67. The Kier molecular flexibility index (Phi) is 5.91. The van der Waals surface area contributed by atoms with Crippen LogP contribution in [-0.2, 0) is 4.79 Å². The summed E-state index contributed by atoms with van der Waals surface area (Å²) in [5.41, 5.74) is 0. The van der Waals surface area contributed by atoms with Crippen LogP contribution in [0.5, 0.6) is 0 Å². The maximum atomic E-state index is 12.8. The lowest BCUT2D eigenvalue weighted by molar-refractivity contribution is -0.189. The second-order valence-corrected chi connectivity index (χ2v) is 4.71. The van der Waals surface area contributed by atoms with Crippen molar-refractivity contribution in [2.24, 2.45) is 5.92 Å². The molecule has 1 amide bonds. The van der Waals surface area contributed by atoms with E-state index >= 15 is 0 Å². The van der Waals surface area contributed by atoms with E-state index < -0.39 is 18.1 Å². The summed E-state index contributed by atoms with van der Waals surface area (Å²) in [5, 5.41) is 5.51. The average Bonchev–Trinajstić information content (AvgIpc) is 2.28. The molecule has 106 valence electrons. The van der Waals surface area contributed by atoms with Gasteiger partial charge in [-0.1, -0.05) is 19.8 Å². The average molecular weight is 266 g/mol. The van der Waals surface area contributed by atoms with E-state index in [0.29, 0.717) is 19.4 Å². The minimum absolute atomic E-state index is 0.127. The second kappa shape index (κ2) is 6.97. The molecule has 0 aromatic rings. The minimum Gasteiger partial charge on any atom is -0.353 e. The van der Waals surface area contributed by atoms with Crippen molar-refractivity contribution in [2.45, 2.75) is 51.2 Å². The quantitative estimate of drug-likeness (QED) is 0.749. The van der Waals surface area contributed by atoms with E-state index in [1.165, 1.54) is 0 Å². The number of carbonyl (C=O) groups is 1. The topological polar surface area (TPSA) is 41.1 Å². The van der Waals surface area contributed by atoms with Crippen LogP contribution in [0.2, 0.25) is 0 Å². The Labute approximate surface area is 106 Å². The molecule has 0 aromatic carbocycles. The number of halogens is 3. The first-order valence-electron chi connectivity index (χ1n) is 6.52. The van der Waals surface area contributed by atoms with Crippen molar-refractivity contribution >= 4 is 5.91 Å². The van der Waals surface area contributed by atoms with Crippen LogP contribution in [0.15, 0.2) is 0 Å². The molecule has 1 fully saturated rings. The molecular weight excluding hydrogens is 245 g/mol. The van der Waals surface area contributed by atoms with Crippen LogP contribution in [-0.4, -0.2) is 31.2 Å². The monoisotopic (exact) mass is 266 g/mol. The van der Waals surface area contributed by atoms with E-state index in [1.807, 2.05) is 6.92 Å². The van der Waals surface area contributed by atoms with Crippen LogP contribution in [0.4, 0.5) is 13.2 Å². The number of alkyl halides is 3. The molecule has 18 heavy (non-hydrogen) atoms. The maximum absolute atomic E-state index is 12.8. The molecule has 1 saturated carbocycles. The van der Waals surface area contributed by atoms with E-state index in [2.05, 4.69) is 10.6 Å². The van der Waals surface area contributed by atoms with Crippen molar-refractivity contribution in [1.82, 2.24) is 10.6 Å². The van der Waals surface area contributed by atoms with Crippen LogP contribution >= 0.6 is 0 Å². The lowest BCUT2D eigenvalue weighted by atomic mass is 9.84. The normalized spacial score (nSPS) is 24.9. The molecule has 0 radical (unpaired) electrons. The van der Waals surface area contributed by atoms with E-state index in [4.69, 9.17) is 0 Å². The molecule has 0 heterocycles. The number of amides is 1. The first-order chi connectivity index (χ1) is 8.45. The first kappa shape index (κ1) is 15.3. The summed E-state index contributed by atoms with van der Waals surface area (Å²) in [6.07, 6.45) is -2.08. The lowest BCUT2D eigenvalue weighted by Gasteiger charge is -2.33. The SMILES string of the molecule is CCNCCC(=O)NC1CCCCC1C(F)(F)F. The molecule has 2 atom stereocenters. The molecule has 1 rings (SSSR count). The molecule has 0 spiro atoms. The standard InChI is InChI=1S/C12H21F3N2O/c1-2-16-8-7-11(18)17-10-6-4-3-5-9(10)12(13,14)15/h9-10,16H,2-8H2,1H3,(H,17,18). The van der Waals surface area contributed by atoms with Gasteiger partial charge in [-0.3, -0.25) is 4.79 Å². The molecule has 2 unspecified atom stereocenters. The van der Waals surface area contributed by atoms with Crippen molar-refractivity contribution in [3.8, 4) is 0 Å². The number of nitrogens with one attached hydrogen (secondary N) is 2. The van der Waals surface area contributed by atoms with Gasteiger partial charge in [-0.05, 0) is 19.4 Å². The zero-order chi connectivity index (χ0) is 13.6. The largest absolute Gasteiger partial charge is 0.393 e. The fourth-order valence-corrected chi connectivity index (χ4v) is 2.35. The highest BCUT2D eigenvalue weighted by Crippen LogP contribution is 2.37. The minimum atomic E-state index is -4.21. The predicted molar refractivity (Wildman–Crippen MR) is 63.1 cm³/mol.